The summed E-state index contributed by atoms with van der Waals surface area (Å²) in [6, 6.07) is 16.1. The number of amides is 1. The van der Waals surface area contributed by atoms with Crippen molar-refractivity contribution in [3.8, 4) is 0 Å². The topological polar surface area (TPSA) is 68.5 Å². The maximum Gasteiger partial charge on any atom is 0.306 e. The second kappa shape index (κ2) is 8.54. The van der Waals surface area contributed by atoms with Crippen molar-refractivity contribution in [2.75, 3.05) is 6.54 Å². The summed E-state index contributed by atoms with van der Waals surface area (Å²) in [7, 11) is 0. The molecule has 0 bridgehead atoms. The molecule has 0 fully saturated rings. The Morgan fingerprint density at radius 2 is 1.85 bits per heavy atom. The number of halogens is 1. The van der Waals surface area contributed by atoms with Gasteiger partial charge in [-0.1, -0.05) is 29.8 Å². The van der Waals surface area contributed by atoms with E-state index in [2.05, 4.69) is 5.32 Å². The molecular weight excluding hydrogens is 354 g/mol. The van der Waals surface area contributed by atoms with Gasteiger partial charge in [0.2, 0.25) is 0 Å². The predicted octanol–water partition coefficient (Wildman–Crippen LogP) is 4.34. The Balaban J connectivity index is 1.36. The highest BCUT2D eigenvalue weighted by Crippen LogP contribution is 2.19. The van der Waals surface area contributed by atoms with Crippen molar-refractivity contribution in [3.63, 3.8) is 0 Å². The Kier molecular flexibility index (Phi) is 5.92. The molecule has 3 aromatic rings. The molecule has 0 aliphatic heterocycles. The molecular formula is C20H18ClNO4. The van der Waals surface area contributed by atoms with Crippen molar-refractivity contribution in [2.24, 2.45) is 0 Å². The number of para-hydroxylation sites is 1. The van der Waals surface area contributed by atoms with Gasteiger partial charge in [0, 0.05) is 28.9 Å². The van der Waals surface area contributed by atoms with E-state index in [1.807, 2.05) is 30.3 Å². The minimum atomic E-state index is -0.328. The van der Waals surface area contributed by atoms with Crippen LogP contribution in [0.15, 0.2) is 59.0 Å². The maximum absolute atomic E-state index is 11.9. The van der Waals surface area contributed by atoms with Crippen molar-refractivity contribution in [2.45, 2.75) is 19.4 Å². The van der Waals surface area contributed by atoms with Crippen LogP contribution in [-0.2, 0) is 16.1 Å². The fraction of sp³-hybridized carbons (Fsp3) is 0.200. The lowest BCUT2D eigenvalue weighted by molar-refractivity contribution is -0.145. The Hall–Kier alpha value is -2.79. The number of esters is 1. The highest BCUT2D eigenvalue weighted by Gasteiger charge is 2.09. The minimum Gasteiger partial charge on any atom is -0.457 e. The highest BCUT2D eigenvalue weighted by atomic mass is 35.5. The molecule has 0 spiro atoms. The second-order valence-electron chi connectivity index (χ2n) is 5.78. The lowest BCUT2D eigenvalue weighted by Crippen LogP contribution is -2.24. The van der Waals surface area contributed by atoms with Gasteiger partial charge in [-0.15, -0.1) is 0 Å². The van der Waals surface area contributed by atoms with Gasteiger partial charge in [-0.05, 0) is 42.8 Å². The SMILES string of the molecule is O=C(CCCNC(=O)c1ccc(Cl)cc1)OCc1cc2ccccc2o1. The van der Waals surface area contributed by atoms with Gasteiger partial charge in [-0.25, -0.2) is 0 Å². The van der Waals surface area contributed by atoms with Crippen LogP contribution in [0.2, 0.25) is 5.02 Å². The number of carbonyl (C=O) groups excluding carboxylic acids is 2. The third-order valence-corrected chi connectivity index (χ3v) is 4.05. The molecule has 2 aromatic carbocycles. The summed E-state index contributed by atoms with van der Waals surface area (Å²) in [6.45, 7) is 0.492. The largest absolute Gasteiger partial charge is 0.457 e. The van der Waals surface area contributed by atoms with Crippen LogP contribution in [0.25, 0.3) is 11.0 Å². The summed E-state index contributed by atoms with van der Waals surface area (Å²) >= 11 is 5.79. The molecule has 0 saturated heterocycles. The lowest BCUT2D eigenvalue weighted by Gasteiger charge is -2.06. The van der Waals surface area contributed by atoms with Gasteiger partial charge in [-0.2, -0.15) is 0 Å². The van der Waals surface area contributed by atoms with Crippen molar-refractivity contribution < 1.29 is 18.7 Å². The van der Waals surface area contributed by atoms with E-state index in [-0.39, 0.29) is 24.9 Å². The quantitative estimate of drug-likeness (QED) is 0.495. The molecule has 5 nitrogen and oxygen atoms in total. The van der Waals surface area contributed by atoms with E-state index < -0.39 is 0 Å². The third-order valence-electron chi connectivity index (χ3n) is 3.80. The molecule has 1 heterocycles. The molecule has 1 N–H and O–H groups in total. The van der Waals surface area contributed by atoms with Crippen molar-refractivity contribution >= 4 is 34.4 Å². The number of carbonyl (C=O) groups is 2. The summed E-state index contributed by atoms with van der Waals surface area (Å²) in [5, 5.41) is 4.31. The number of ether oxygens (including phenoxy) is 1. The molecule has 1 amide bonds. The van der Waals surface area contributed by atoms with Gasteiger partial charge in [0.1, 0.15) is 18.0 Å². The van der Waals surface area contributed by atoms with E-state index in [0.29, 0.717) is 29.3 Å². The Bertz CT molecular complexity index is 869. The number of furan rings is 1. The van der Waals surface area contributed by atoms with Gasteiger partial charge in [-0.3, -0.25) is 9.59 Å². The van der Waals surface area contributed by atoms with Crippen LogP contribution in [0.3, 0.4) is 0 Å². The summed E-state index contributed by atoms with van der Waals surface area (Å²) in [6.07, 6.45) is 0.722. The average Bonchev–Trinajstić information content (AvgIpc) is 3.07. The van der Waals surface area contributed by atoms with Gasteiger partial charge in [0.05, 0.1) is 0 Å². The summed E-state index contributed by atoms with van der Waals surface area (Å²) in [4.78, 5) is 23.7. The van der Waals surface area contributed by atoms with Gasteiger partial charge < -0.3 is 14.5 Å². The van der Waals surface area contributed by atoms with E-state index in [4.69, 9.17) is 20.8 Å². The van der Waals surface area contributed by atoms with Gasteiger partial charge in [0.15, 0.2) is 0 Å². The van der Waals surface area contributed by atoms with Crippen LogP contribution >= 0.6 is 11.6 Å². The zero-order valence-corrected chi connectivity index (χ0v) is 14.8. The van der Waals surface area contributed by atoms with Gasteiger partial charge in [0.25, 0.3) is 5.91 Å². The molecule has 6 heteroatoms. The fourth-order valence-corrected chi connectivity index (χ4v) is 2.60. The molecule has 0 saturated carbocycles. The summed E-state index contributed by atoms with van der Waals surface area (Å²) in [5.41, 5.74) is 1.30. The minimum absolute atomic E-state index is 0.102. The fourth-order valence-electron chi connectivity index (χ4n) is 2.47. The van der Waals surface area contributed by atoms with Crippen LogP contribution in [0.5, 0.6) is 0 Å². The third kappa shape index (κ3) is 4.86. The summed E-state index contributed by atoms with van der Waals surface area (Å²) < 4.78 is 10.8. The molecule has 1 aromatic heterocycles. The molecule has 0 aliphatic carbocycles. The van der Waals surface area contributed by atoms with Crippen LogP contribution in [0.1, 0.15) is 29.0 Å². The predicted molar refractivity (Wildman–Crippen MR) is 99.0 cm³/mol. The smallest absolute Gasteiger partial charge is 0.306 e. The average molecular weight is 372 g/mol. The monoisotopic (exact) mass is 371 g/mol. The first-order valence-corrected chi connectivity index (χ1v) is 8.66. The highest BCUT2D eigenvalue weighted by molar-refractivity contribution is 6.30. The zero-order chi connectivity index (χ0) is 18.4. The van der Waals surface area contributed by atoms with Crippen LogP contribution in [-0.4, -0.2) is 18.4 Å². The van der Waals surface area contributed by atoms with Gasteiger partial charge >= 0.3 is 5.97 Å². The van der Waals surface area contributed by atoms with E-state index in [0.717, 1.165) is 11.0 Å². The Morgan fingerprint density at radius 3 is 2.62 bits per heavy atom. The van der Waals surface area contributed by atoms with E-state index in [1.165, 1.54) is 0 Å². The maximum atomic E-state index is 11.9. The first kappa shape index (κ1) is 18.0. The van der Waals surface area contributed by atoms with Crippen LogP contribution in [0, 0.1) is 0 Å². The number of hydrogen-bond donors (Lipinski definition) is 1. The van der Waals surface area contributed by atoms with E-state index >= 15 is 0 Å². The van der Waals surface area contributed by atoms with E-state index in [1.54, 1.807) is 24.3 Å². The molecule has 0 aliphatic rings. The van der Waals surface area contributed by atoms with Crippen molar-refractivity contribution in [3.05, 3.63) is 70.9 Å². The Morgan fingerprint density at radius 1 is 1.08 bits per heavy atom. The molecule has 26 heavy (non-hydrogen) atoms. The summed E-state index contributed by atoms with van der Waals surface area (Å²) in [5.74, 6) is 0.0825. The molecule has 0 atom stereocenters. The lowest BCUT2D eigenvalue weighted by atomic mass is 10.2. The molecule has 0 radical (unpaired) electrons. The number of nitrogens with one attached hydrogen (secondary N) is 1. The van der Waals surface area contributed by atoms with Crippen molar-refractivity contribution in [1.29, 1.82) is 0 Å². The zero-order valence-electron chi connectivity index (χ0n) is 14.0. The second-order valence-corrected chi connectivity index (χ2v) is 6.21. The first-order valence-electron chi connectivity index (χ1n) is 8.29. The first-order chi connectivity index (χ1) is 12.6. The molecule has 3 rings (SSSR count). The number of benzene rings is 2. The number of hydrogen-bond acceptors (Lipinski definition) is 4. The Labute approximate surface area is 155 Å². The van der Waals surface area contributed by atoms with Crippen LogP contribution < -0.4 is 5.32 Å². The molecule has 0 unspecified atom stereocenters. The standard InChI is InChI=1S/C20H18ClNO4/c21-16-9-7-14(8-10-16)20(24)22-11-3-6-19(23)25-13-17-12-15-4-1-2-5-18(15)26-17/h1-2,4-5,7-10,12H,3,6,11,13H2,(H,22,24). The van der Waals surface area contributed by atoms with Crippen molar-refractivity contribution in [1.82, 2.24) is 5.32 Å². The number of rotatable bonds is 7. The van der Waals surface area contributed by atoms with Crippen LogP contribution in [0.4, 0.5) is 0 Å². The van der Waals surface area contributed by atoms with E-state index in [9.17, 15) is 9.59 Å². The normalized spacial score (nSPS) is 10.7. The molecule has 134 valence electrons. The number of fused-ring (bicyclic) bond motifs is 1.